The highest BCUT2D eigenvalue weighted by Crippen LogP contribution is 2.19. The van der Waals surface area contributed by atoms with Gasteiger partial charge in [-0.2, -0.15) is 13.2 Å². The van der Waals surface area contributed by atoms with E-state index < -0.39 is 25.3 Å². The van der Waals surface area contributed by atoms with Gasteiger partial charge in [0.05, 0.1) is 24.1 Å². The predicted molar refractivity (Wildman–Crippen MR) is 82.0 cm³/mol. The van der Waals surface area contributed by atoms with E-state index in [9.17, 15) is 18.0 Å². The Morgan fingerprint density at radius 3 is 2.58 bits per heavy atom. The van der Waals surface area contributed by atoms with Gasteiger partial charge >= 0.3 is 6.18 Å². The van der Waals surface area contributed by atoms with Crippen molar-refractivity contribution >= 4 is 17.4 Å². The van der Waals surface area contributed by atoms with Crippen LogP contribution in [0.15, 0.2) is 18.3 Å². The molecule has 0 aromatic carbocycles. The van der Waals surface area contributed by atoms with E-state index in [0.29, 0.717) is 18.8 Å². The van der Waals surface area contributed by atoms with Crippen molar-refractivity contribution in [2.75, 3.05) is 36.5 Å². The minimum absolute atomic E-state index is 0.0979. The molecule has 24 heavy (non-hydrogen) atoms. The highest BCUT2D eigenvalue weighted by molar-refractivity contribution is 5.91. The molecule has 2 atom stereocenters. The van der Waals surface area contributed by atoms with Crippen LogP contribution in [0.2, 0.25) is 0 Å². The minimum atomic E-state index is -4.45. The van der Waals surface area contributed by atoms with Gasteiger partial charge in [0.15, 0.2) is 0 Å². The molecule has 1 N–H and O–H groups in total. The number of aromatic nitrogens is 1. The molecule has 0 spiro atoms. The zero-order chi connectivity index (χ0) is 17.7. The predicted octanol–water partition coefficient (Wildman–Crippen LogP) is 2.21. The van der Waals surface area contributed by atoms with Crippen LogP contribution in [0.4, 0.5) is 24.7 Å². The van der Waals surface area contributed by atoms with Crippen LogP contribution in [0.1, 0.15) is 13.8 Å². The molecular weight excluding hydrogens is 327 g/mol. The summed E-state index contributed by atoms with van der Waals surface area (Å²) in [4.78, 5) is 17.9. The molecule has 1 aliphatic heterocycles. The molecule has 1 fully saturated rings. The quantitative estimate of drug-likeness (QED) is 0.885. The van der Waals surface area contributed by atoms with Gasteiger partial charge in [-0.3, -0.25) is 4.79 Å². The average Bonchev–Trinajstić information content (AvgIpc) is 2.45. The Bertz CT molecular complexity index is 541. The van der Waals surface area contributed by atoms with Crippen molar-refractivity contribution in [3.63, 3.8) is 0 Å². The molecular formula is C15H20F3N3O3. The van der Waals surface area contributed by atoms with E-state index in [0.717, 1.165) is 5.82 Å². The van der Waals surface area contributed by atoms with E-state index in [-0.39, 0.29) is 12.2 Å². The summed E-state index contributed by atoms with van der Waals surface area (Å²) in [7, 11) is 0. The molecule has 1 aromatic heterocycles. The van der Waals surface area contributed by atoms with Crippen molar-refractivity contribution in [1.82, 2.24) is 4.98 Å². The number of nitrogens with zero attached hydrogens (tertiary/aromatic N) is 2. The summed E-state index contributed by atoms with van der Waals surface area (Å²) < 4.78 is 45.7. The summed E-state index contributed by atoms with van der Waals surface area (Å²) in [6.45, 7) is 3.28. The van der Waals surface area contributed by atoms with Gasteiger partial charge in [-0.25, -0.2) is 4.98 Å². The summed E-state index contributed by atoms with van der Waals surface area (Å²) in [5.41, 5.74) is 0.397. The van der Waals surface area contributed by atoms with Crippen molar-refractivity contribution in [3.8, 4) is 0 Å². The van der Waals surface area contributed by atoms with Gasteiger partial charge in [-0.15, -0.1) is 0 Å². The lowest BCUT2D eigenvalue weighted by atomic mass is 10.2. The van der Waals surface area contributed by atoms with E-state index in [2.05, 4.69) is 19.9 Å². The number of nitrogens with one attached hydrogen (secondary N) is 1. The largest absolute Gasteiger partial charge is 0.411 e. The molecule has 0 bridgehead atoms. The van der Waals surface area contributed by atoms with Crippen molar-refractivity contribution in [1.29, 1.82) is 0 Å². The van der Waals surface area contributed by atoms with Crippen molar-refractivity contribution in [2.24, 2.45) is 0 Å². The monoisotopic (exact) mass is 347 g/mol. The topological polar surface area (TPSA) is 63.7 Å². The Morgan fingerprint density at radius 2 is 2.04 bits per heavy atom. The summed E-state index contributed by atoms with van der Waals surface area (Å²) in [6, 6.07) is 3.39. The lowest BCUT2D eigenvalue weighted by molar-refractivity contribution is -0.174. The van der Waals surface area contributed by atoms with Crippen molar-refractivity contribution < 1.29 is 27.4 Å². The van der Waals surface area contributed by atoms with Crippen LogP contribution in [0, 0.1) is 0 Å². The van der Waals surface area contributed by atoms with Gasteiger partial charge in [-0.1, -0.05) is 0 Å². The Morgan fingerprint density at radius 1 is 1.38 bits per heavy atom. The zero-order valence-corrected chi connectivity index (χ0v) is 13.5. The number of hydrogen-bond acceptors (Lipinski definition) is 5. The number of carbonyl (C=O) groups excluding carboxylic acids is 1. The molecule has 1 saturated heterocycles. The number of carbonyl (C=O) groups is 1. The minimum Gasteiger partial charge on any atom is -0.372 e. The second kappa shape index (κ2) is 7.80. The fraction of sp³-hybridized carbons (Fsp3) is 0.600. The van der Waals surface area contributed by atoms with Gasteiger partial charge in [0.25, 0.3) is 0 Å². The maximum Gasteiger partial charge on any atom is 0.411 e. The molecule has 6 nitrogen and oxygen atoms in total. The lowest BCUT2D eigenvalue weighted by Gasteiger charge is -2.36. The number of rotatable bonds is 5. The summed E-state index contributed by atoms with van der Waals surface area (Å²) in [5.74, 6) is 0.0886. The molecule has 1 aliphatic rings. The summed E-state index contributed by atoms with van der Waals surface area (Å²) in [5, 5.41) is 2.44. The fourth-order valence-electron chi connectivity index (χ4n) is 2.47. The molecule has 134 valence electrons. The third kappa shape index (κ3) is 5.97. The highest BCUT2D eigenvalue weighted by atomic mass is 19.4. The standard InChI is InChI=1S/C15H20F3N3O3/c1-10-6-21(7-11(2)24-10)13-4-3-12(5-19-13)20-14(22)8-23-9-15(16,17)18/h3-5,10-11H,6-9H2,1-2H3,(H,20,22). The Balaban J connectivity index is 1.84. The van der Waals surface area contributed by atoms with Crippen LogP contribution >= 0.6 is 0 Å². The van der Waals surface area contributed by atoms with Crippen LogP contribution in [-0.2, 0) is 14.3 Å². The third-order valence-corrected chi connectivity index (χ3v) is 3.27. The number of anilines is 2. The zero-order valence-electron chi connectivity index (χ0n) is 13.5. The van der Waals surface area contributed by atoms with Gasteiger partial charge in [0, 0.05) is 13.1 Å². The number of morpholine rings is 1. The number of amides is 1. The highest BCUT2D eigenvalue weighted by Gasteiger charge is 2.27. The van der Waals surface area contributed by atoms with Gasteiger partial charge in [-0.05, 0) is 26.0 Å². The number of pyridine rings is 1. The van der Waals surface area contributed by atoms with Crippen molar-refractivity contribution in [2.45, 2.75) is 32.2 Å². The molecule has 0 saturated carbocycles. The van der Waals surface area contributed by atoms with E-state index in [1.807, 2.05) is 13.8 Å². The summed E-state index contributed by atoms with van der Waals surface area (Å²) in [6.07, 6.45) is -2.79. The molecule has 2 unspecified atom stereocenters. The van der Waals surface area contributed by atoms with Crippen LogP contribution in [-0.4, -0.2) is 55.6 Å². The van der Waals surface area contributed by atoms with Gasteiger partial charge in [0.1, 0.15) is 19.0 Å². The Hall–Kier alpha value is -1.87. The SMILES string of the molecule is CC1CN(c2ccc(NC(=O)COCC(F)(F)F)cn2)CC(C)O1. The smallest absolute Gasteiger partial charge is 0.372 e. The Labute approximate surface area is 137 Å². The first kappa shape index (κ1) is 18.5. The van der Waals surface area contributed by atoms with Crippen molar-refractivity contribution in [3.05, 3.63) is 18.3 Å². The maximum atomic E-state index is 11.9. The molecule has 2 heterocycles. The van der Waals surface area contributed by atoms with Crippen LogP contribution in [0.5, 0.6) is 0 Å². The van der Waals surface area contributed by atoms with Gasteiger partial charge < -0.3 is 19.7 Å². The third-order valence-electron chi connectivity index (χ3n) is 3.27. The fourth-order valence-corrected chi connectivity index (χ4v) is 2.47. The molecule has 0 radical (unpaired) electrons. The molecule has 9 heteroatoms. The first-order chi connectivity index (χ1) is 11.2. The number of halogens is 3. The second-order valence-corrected chi connectivity index (χ2v) is 5.72. The number of hydrogen-bond donors (Lipinski definition) is 1. The van der Waals surface area contributed by atoms with E-state index in [1.54, 1.807) is 12.1 Å². The average molecular weight is 347 g/mol. The first-order valence-electron chi connectivity index (χ1n) is 7.54. The number of ether oxygens (including phenoxy) is 2. The lowest BCUT2D eigenvalue weighted by Crippen LogP contribution is -2.45. The van der Waals surface area contributed by atoms with Crippen LogP contribution in [0.25, 0.3) is 0 Å². The second-order valence-electron chi connectivity index (χ2n) is 5.72. The molecule has 2 rings (SSSR count). The van der Waals surface area contributed by atoms with E-state index in [4.69, 9.17) is 4.74 Å². The van der Waals surface area contributed by atoms with Crippen LogP contribution < -0.4 is 10.2 Å². The normalized spacial score (nSPS) is 21.6. The Kier molecular flexibility index (Phi) is 6.00. The summed E-state index contributed by atoms with van der Waals surface area (Å²) >= 11 is 0. The van der Waals surface area contributed by atoms with Crippen LogP contribution in [0.3, 0.4) is 0 Å². The molecule has 1 aromatic rings. The first-order valence-corrected chi connectivity index (χ1v) is 7.54. The molecule has 0 aliphatic carbocycles. The van der Waals surface area contributed by atoms with E-state index >= 15 is 0 Å². The molecule has 1 amide bonds. The maximum absolute atomic E-state index is 11.9. The van der Waals surface area contributed by atoms with E-state index in [1.165, 1.54) is 6.20 Å². The van der Waals surface area contributed by atoms with Gasteiger partial charge in [0.2, 0.25) is 5.91 Å². The number of alkyl halides is 3.